The summed E-state index contributed by atoms with van der Waals surface area (Å²) in [6, 6.07) is 5.19. The first kappa shape index (κ1) is 26.2. The molecule has 11 heteroatoms. The third-order valence-corrected chi connectivity index (χ3v) is 5.12. The van der Waals surface area contributed by atoms with Crippen LogP contribution in [0.2, 0.25) is 0 Å². The van der Waals surface area contributed by atoms with E-state index in [4.69, 9.17) is 0 Å². The van der Waals surface area contributed by atoms with Gasteiger partial charge in [-0.1, -0.05) is 12.1 Å². The normalized spacial score (nSPS) is 17.8. The molecule has 1 aliphatic rings. The zero-order valence-corrected chi connectivity index (χ0v) is 20.4. The van der Waals surface area contributed by atoms with Gasteiger partial charge in [-0.3, -0.25) is 9.67 Å². The quantitative estimate of drug-likeness (QED) is 0.305. The predicted molar refractivity (Wildman–Crippen MR) is 126 cm³/mol. The van der Waals surface area contributed by atoms with E-state index < -0.39 is 12.5 Å². The Morgan fingerprint density at radius 2 is 2.06 bits per heavy atom. The molecule has 1 aromatic carbocycles. The summed E-state index contributed by atoms with van der Waals surface area (Å²) in [5, 5.41) is 17.9. The second-order valence-corrected chi connectivity index (χ2v) is 7.65. The van der Waals surface area contributed by atoms with Crippen molar-refractivity contribution in [3.8, 4) is 5.75 Å². The maximum atomic E-state index is 12.3. The van der Waals surface area contributed by atoms with Crippen LogP contribution in [-0.4, -0.2) is 58.3 Å². The molecule has 2 unspecified atom stereocenters. The van der Waals surface area contributed by atoms with Crippen molar-refractivity contribution in [2.45, 2.75) is 32.2 Å². The summed E-state index contributed by atoms with van der Waals surface area (Å²) in [5.74, 6) is 0.906. The van der Waals surface area contributed by atoms with Crippen molar-refractivity contribution >= 4 is 29.9 Å². The van der Waals surface area contributed by atoms with Crippen molar-refractivity contribution in [2.24, 2.45) is 18.0 Å². The van der Waals surface area contributed by atoms with E-state index >= 15 is 0 Å². The Labute approximate surface area is 202 Å². The Balaban J connectivity index is 0.00000363. The highest BCUT2D eigenvalue weighted by Crippen LogP contribution is 2.25. The molecule has 178 valence electrons. The van der Waals surface area contributed by atoms with Crippen molar-refractivity contribution in [1.29, 1.82) is 0 Å². The summed E-state index contributed by atoms with van der Waals surface area (Å²) in [6.07, 6.45) is 0.256. The van der Waals surface area contributed by atoms with E-state index in [0.717, 1.165) is 31.9 Å². The number of aryl methyl sites for hydroxylation is 1. The monoisotopic (exact) mass is 567 g/mol. The minimum Gasteiger partial charge on any atom is -0.406 e. The maximum Gasteiger partial charge on any atom is 0.573 e. The van der Waals surface area contributed by atoms with Gasteiger partial charge >= 0.3 is 6.36 Å². The SMILES string of the molecule is CCNC(=NCC(O)c1ccc(OC(F)(F)F)cc1)N1CCC(Cc2cnn(C)c2)C1.I. The van der Waals surface area contributed by atoms with E-state index in [-0.39, 0.29) is 36.3 Å². The molecular weight excluding hydrogens is 538 g/mol. The first-order valence-corrected chi connectivity index (χ1v) is 10.3. The molecule has 0 amide bonds. The van der Waals surface area contributed by atoms with E-state index in [2.05, 4.69) is 25.0 Å². The van der Waals surface area contributed by atoms with Crippen molar-refractivity contribution in [1.82, 2.24) is 20.0 Å². The molecule has 1 aliphatic heterocycles. The second kappa shape index (κ2) is 11.7. The van der Waals surface area contributed by atoms with Gasteiger partial charge in [0.15, 0.2) is 5.96 Å². The summed E-state index contributed by atoms with van der Waals surface area (Å²) < 4.78 is 42.5. The molecule has 0 spiro atoms. The average Bonchev–Trinajstić information content (AvgIpc) is 3.33. The van der Waals surface area contributed by atoms with Gasteiger partial charge in [-0.25, -0.2) is 0 Å². The Morgan fingerprint density at radius 1 is 1.34 bits per heavy atom. The van der Waals surface area contributed by atoms with Crippen LogP contribution in [0.5, 0.6) is 5.75 Å². The molecule has 2 atom stereocenters. The lowest BCUT2D eigenvalue weighted by molar-refractivity contribution is -0.274. The topological polar surface area (TPSA) is 74.9 Å². The number of rotatable bonds is 7. The number of nitrogens with one attached hydrogen (secondary N) is 1. The van der Waals surface area contributed by atoms with Crippen molar-refractivity contribution in [3.63, 3.8) is 0 Å². The molecule has 2 N–H and O–H groups in total. The Bertz CT molecular complexity index is 873. The lowest BCUT2D eigenvalue weighted by Crippen LogP contribution is -2.40. The van der Waals surface area contributed by atoms with Crippen molar-refractivity contribution in [3.05, 3.63) is 47.8 Å². The lowest BCUT2D eigenvalue weighted by atomic mass is 10.0. The fraction of sp³-hybridized carbons (Fsp3) is 0.524. The number of aliphatic imine (C=N–C) groups is 1. The van der Waals surface area contributed by atoms with Gasteiger partial charge in [-0.2, -0.15) is 5.10 Å². The number of aliphatic hydroxyl groups is 1. The molecule has 0 aliphatic carbocycles. The first-order valence-electron chi connectivity index (χ1n) is 10.3. The molecule has 7 nitrogen and oxygen atoms in total. The molecule has 0 saturated carbocycles. The van der Waals surface area contributed by atoms with E-state index in [1.165, 1.54) is 29.8 Å². The molecule has 0 radical (unpaired) electrons. The predicted octanol–water partition coefficient (Wildman–Crippen LogP) is 3.50. The van der Waals surface area contributed by atoms with E-state index in [9.17, 15) is 18.3 Å². The fourth-order valence-corrected chi connectivity index (χ4v) is 3.70. The molecule has 0 bridgehead atoms. The van der Waals surface area contributed by atoms with Crippen LogP contribution in [0.15, 0.2) is 41.7 Å². The highest BCUT2D eigenvalue weighted by Gasteiger charge is 2.31. The number of nitrogens with zero attached hydrogens (tertiary/aromatic N) is 4. The highest BCUT2D eigenvalue weighted by atomic mass is 127. The van der Waals surface area contributed by atoms with E-state index in [0.29, 0.717) is 18.0 Å². The summed E-state index contributed by atoms with van der Waals surface area (Å²) in [6.45, 7) is 4.51. The molecule has 2 aromatic rings. The van der Waals surface area contributed by atoms with Gasteiger partial charge in [0, 0.05) is 32.9 Å². The molecular formula is C21H29F3IN5O2. The number of aliphatic hydroxyl groups excluding tert-OH is 1. The van der Waals surface area contributed by atoms with Crippen LogP contribution in [0, 0.1) is 5.92 Å². The zero-order valence-electron chi connectivity index (χ0n) is 18.0. The standard InChI is InChI=1S/C21H28F3N5O2.HI/c1-3-25-20(29-9-8-15(14-29)10-16-11-27-28(2)13-16)26-12-19(30)17-4-6-18(7-5-17)31-21(22,23)24;/h4-7,11,13,15,19,30H,3,8-10,12,14H2,1-2H3,(H,25,26);1H. The van der Waals surface area contributed by atoms with Gasteiger partial charge in [0.05, 0.1) is 18.8 Å². The minimum absolute atomic E-state index is 0. The molecule has 1 fully saturated rings. The molecule has 3 rings (SSSR count). The smallest absolute Gasteiger partial charge is 0.406 e. The number of ether oxygens (including phenoxy) is 1. The minimum atomic E-state index is -4.74. The zero-order chi connectivity index (χ0) is 22.4. The number of halogens is 4. The third kappa shape index (κ3) is 7.84. The first-order chi connectivity index (χ1) is 14.7. The van der Waals surface area contributed by atoms with Crippen LogP contribution >= 0.6 is 24.0 Å². The third-order valence-electron chi connectivity index (χ3n) is 5.12. The van der Waals surface area contributed by atoms with Gasteiger partial charge in [-0.15, -0.1) is 37.1 Å². The van der Waals surface area contributed by atoms with Crippen LogP contribution in [0.4, 0.5) is 13.2 Å². The maximum absolute atomic E-state index is 12.3. The van der Waals surface area contributed by atoms with Crippen LogP contribution in [0.25, 0.3) is 0 Å². The largest absolute Gasteiger partial charge is 0.573 e. The Kier molecular flexibility index (Phi) is 9.62. The van der Waals surface area contributed by atoms with Crippen LogP contribution in [0.1, 0.15) is 30.6 Å². The molecule has 2 heterocycles. The molecule has 32 heavy (non-hydrogen) atoms. The van der Waals surface area contributed by atoms with Gasteiger partial charge < -0.3 is 20.1 Å². The van der Waals surface area contributed by atoms with Gasteiger partial charge in [0.2, 0.25) is 0 Å². The van der Waals surface area contributed by atoms with Crippen molar-refractivity contribution in [2.75, 3.05) is 26.2 Å². The summed E-state index contributed by atoms with van der Waals surface area (Å²) in [4.78, 5) is 6.73. The van der Waals surface area contributed by atoms with E-state index in [1.54, 1.807) is 4.68 Å². The van der Waals surface area contributed by atoms with Crippen LogP contribution in [0.3, 0.4) is 0 Å². The number of hydrogen-bond donors (Lipinski definition) is 2. The van der Waals surface area contributed by atoms with Gasteiger partial charge in [0.1, 0.15) is 5.75 Å². The van der Waals surface area contributed by atoms with Gasteiger partial charge in [0.25, 0.3) is 0 Å². The van der Waals surface area contributed by atoms with Crippen LogP contribution < -0.4 is 10.1 Å². The fourth-order valence-electron chi connectivity index (χ4n) is 3.70. The number of hydrogen-bond acceptors (Lipinski definition) is 4. The highest BCUT2D eigenvalue weighted by molar-refractivity contribution is 14.0. The Hall–Kier alpha value is -2.02. The summed E-state index contributed by atoms with van der Waals surface area (Å²) >= 11 is 0. The van der Waals surface area contributed by atoms with Crippen molar-refractivity contribution < 1.29 is 23.0 Å². The number of likely N-dealkylation sites (tertiary alicyclic amines) is 1. The second-order valence-electron chi connectivity index (χ2n) is 7.65. The number of guanidine groups is 1. The van der Waals surface area contributed by atoms with E-state index in [1.807, 2.05) is 26.4 Å². The lowest BCUT2D eigenvalue weighted by Gasteiger charge is -2.22. The summed E-state index contributed by atoms with van der Waals surface area (Å²) in [5.41, 5.74) is 1.69. The Morgan fingerprint density at radius 3 is 2.66 bits per heavy atom. The number of benzene rings is 1. The summed E-state index contributed by atoms with van der Waals surface area (Å²) in [7, 11) is 1.91. The average molecular weight is 567 g/mol. The number of aromatic nitrogens is 2. The van der Waals surface area contributed by atoms with Crippen LogP contribution in [-0.2, 0) is 13.5 Å². The number of alkyl halides is 3. The van der Waals surface area contributed by atoms with Gasteiger partial charge in [-0.05, 0) is 48.9 Å². The molecule has 1 saturated heterocycles. The molecule has 1 aromatic heterocycles.